The second-order valence-electron chi connectivity index (χ2n) is 6.59. The first-order valence-corrected chi connectivity index (χ1v) is 10.3. The van der Waals surface area contributed by atoms with Crippen LogP contribution in [0.4, 0.5) is 13.9 Å². The molecule has 1 N–H and O–H groups in total. The van der Waals surface area contributed by atoms with Gasteiger partial charge in [-0.05, 0) is 60.4 Å². The van der Waals surface area contributed by atoms with E-state index in [1.54, 1.807) is 30.8 Å². The average molecular weight is 432 g/mol. The van der Waals surface area contributed by atoms with Gasteiger partial charge in [0.1, 0.15) is 17.4 Å². The molecule has 1 aromatic heterocycles. The van der Waals surface area contributed by atoms with Crippen LogP contribution in [0.25, 0.3) is 0 Å². The second-order valence-corrected chi connectivity index (χ2v) is 7.48. The molecule has 0 unspecified atom stereocenters. The van der Waals surface area contributed by atoms with Crippen molar-refractivity contribution < 1.29 is 23.0 Å². The average Bonchev–Trinajstić information content (AvgIpc) is 3.25. The number of rotatable bonds is 10. The minimum Gasteiger partial charge on any atom is -0.493 e. The molecular weight excluding hydrogens is 410 g/mol. The van der Waals surface area contributed by atoms with Gasteiger partial charge >= 0.3 is 0 Å². The molecule has 1 amide bonds. The fraction of sp³-hybridized carbons (Fsp3) is 0.273. The molecule has 3 aromatic rings. The van der Waals surface area contributed by atoms with E-state index in [9.17, 15) is 13.6 Å². The normalized spacial score (nSPS) is 10.8. The largest absolute Gasteiger partial charge is 0.493 e. The van der Waals surface area contributed by atoms with Crippen LogP contribution < -0.4 is 10.1 Å². The Labute approximate surface area is 177 Å². The number of nitrogens with zero attached hydrogens (tertiary/aromatic N) is 1. The zero-order valence-corrected chi connectivity index (χ0v) is 17.3. The number of carbonyl (C=O) groups is 1. The minimum atomic E-state index is -0.481. The summed E-state index contributed by atoms with van der Waals surface area (Å²) in [5, 5.41) is 5.01. The molecule has 8 heteroatoms. The van der Waals surface area contributed by atoms with Gasteiger partial charge in [-0.15, -0.1) is 11.3 Å². The summed E-state index contributed by atoms with van der Waals surface area (Å²) in [5.41, 5.74) is 1.48. The molecule has 0 bridgehead atoms. The molecule has 0 atom stereocenters. The first-order valence-electron chi connectivity index (χ1n) is 9.45. The fourth-order valence-electron chi connectivity index (χ4n) is 2.88. The van der Waals surface area contributed by atoms with E-state index in [-0.39, 0.29) is 11.5 Å². The summed E-state index contributed by atoms with van der Waals surface area (Å²) in [6.45, 7) is 0.999. The van der Waals surface area contributed by atoms with Gasteiger partial charge in [0.2, 0.25) is 0 Å². The molecular formula is C22H22F2N2O3S. The summed E-state index contributed by atoms with van der Waals surface area (Å²) in [4.78, 5) is 16.7. The minimum absolute atomic E-state index is 0.287. The standard InChI is InChI=1S/C22H22F2N2O3S/c1-28-8-2-9-29-19-12-15(3-4-16-13-18(23)5-6-20(16)24)11-17(14-19)21(27)26-22-25-7-10-30-22/h5-7,10-14H,2-4,8-9H2,1H3,(H,25,26,27). The van der Waals surface area contributed by atoms with Crippen LogP contribution in [0.15, 0.2) is 48.0 Å². The quantitative estimate of drug-likeness (QED) is 0.464. The van der Waals surface area contributed by atoms with E-state index in [1.165, 1.54) is 17.4 Å². The van der Waals surface area contributed by atoms with Crippen molar-refractivity contribution >= 4 is 22.4 Å². The second kappa shape index (κ2) is 10.8. The van der Waals surface area contributed by atoms with Crippen LogP contribution in [0, 0.1) is 11.6 Å². The number of benzene rings is 2. The van der Waals surface area contributed by atoms with Gasteiger partial charge in [0.05, 0.1) is 6.61 Å². The lowest BCUT2D eigenvalue weighted by molar-refractivity contribution is 0.102. The van der Waals surface area contributed by atoms with E-state index < -0.39 is 11.6 Å². The molecule has 0 radical (unpaired) electrons. The molecule has 0 saturated heterocycles. The Kier molecular flexibility index (Phi) is 7.87. The van der Waals surface area contributed by atoms with Crippen LogP contribution >= 0.6 is 11.3 Å². The van der Waals surface area contributed by atoms with Crippen LogP contribution in [0.3, 0.4) is 0 Å². The van der Waals surface area contributed by atoms with E-state index in [2.05, 4.69) is 10.3 Å². The summed E-state index contributed by atoms with van der Waals surface area (Å²) in [5.74, 6) is -0.715. The van der Waals surface area contributed by atoms with Crippen molar-refractivity contribution in [3.8, 4) is 5.75 Å². The maximum absolute atomic E-state index is 13.9. The number of carbonyl (C=O) groups excluding carboxylic acids is 1. The van der Waals surface area contributed by atoms with Crippen molar-refractivity contribution in [2.75, 3.05) is 25.6 Å². The molecule has 0 aliphatic heterocycles. The number of ether oxygens (including phenoxy) is 2. The topological polar surface area (TPSA) is 60.5 Å². The van der Waals surface area contributed by atoms with Gasteiger partial charge in [-0.3, -0.25) is 10.1 Å². The van der Waals surface area contributed by atoms with Crippen LogP contribution in [-0.4, -0.2) is 31.2 Å². The zero-order valence-electron chi connectivity index (χ0n) is 16.5. The Hall–Kier alpha value is -2.84. The van der Waals surface area contributed by atoms with E-state index in [4.69, 9.17) is 9.47 Å². The highest BCUT2D eigenvalue weighted by atomic mass is 32.1. The van der Waals surface area contributed by atoms with Crippen molar-refractivity contribution in [1.29, 1.82) is 0 Å². The van der Waals surface area contributed by atoms with Gasteiger partial charge in [0, 0.05) is 37.3 Å². The molecule has 0 fully saturated rings. The number of amides is 1. The predicted molar refractivity (Wildman–Crippen MR) is 112 cm³/mol. The van der Waals surface area contributed by atoms with Crippen molar-refractivity contribution in [2.24, 2.45) is 0 Å². The Bertz CT molecular complexity index is 981. The molecule has 0 aliphatic rings. The van der Waals surface area contributed by atoms with Gasteiger partial charge in [0.25, 0.3) is 5.91 Å². The number of halogens is 2. The van der Waals surface area contributed by atoms with Gasteiger partial charge in [-0.2, -0.15) is 0 Å². The lowest BCUT2D eigenvalue weighted by Crippen LogP contribution is -2.13. The third-order valence-electron chi connectivity index (χ3n) is 4.33. The van der Waals surface area contributed by atoms with Gasteiger partial charge < -0.3 is 9.47 Å². The number of hydrogen-bond acceptors (Lipinski definition) is 5. The van der Waals surface area contributed by atoms with Gasteiger partial charge in [-0.25, -0.2) is 13.8 Å². The van der Waals surface area contributed by atoms with E-state index in [0.717, 1.165) is 17.7 Å². The van der Waals surface area contributed by atoms with Crippen molar-refractivity contribution in [1.82, 2.24) is 4.98 Å². The Morgan fingerprint density at radius 3 is 2.77 bits per heavy atom. The summed E-state index contributed by atoms with van der Waals surface area (Å²) in [6.07, 6.45) is 3.03. The SMILES string of the molecule is COCCCOc1cc(CCc2cc(F)ccc2F)cc(C(=O)Nc2nccs2)c1. The highest BCUT2D eigenvalue weighted by Crippen LogP contribution is 2.22. The molecule has 30 heavy (non-hydrogen) atoms. The third-order valence-corrected chi connectivity index (χ3v) is 5.02. The lowest BCUT2D eigenvalue weighted by atomic mass is 10.0. The van der Waals surface area contributed by atoms with E-state index in [0.29, 0.717) is 48.9 Å². The first kappa shape index (κ1) is 21.9. The predicted octanol–water partition coefficient (Wildman–Crippen LogP) is 4.87. The number of aryl methyl sites for hydroxylation is 2. The monoisotopic (exact) mass is 432 g/mol. The Morgan fingerprint density at radius 2 is 2.00 bits per heavy atom. The number of nitrogens with one attached hydrogen (secondary N) is 1. The number of aromatic nitrogens is 1. The fourth-order valence-corrected chi connectivity index (χ4v) is 3.41. The molecule has 1 heterocycles. The summed E-state index contributed by atoms with van der Waals surface area (Å²) >= 11 is 1.32. The summed E-state index contributed by atoms with van der Waals surface area (Å²) < 4.78 is 38.2. The lowest BCUT2D eigenvalue weighted by Gasteiger charge is -2.12. The molecule has 3 rings (SSSR count). The zero-order chi connectivity index (χ0) is 21.3. The van der Waals surface area contributed by atoms with Crippen LogP contribution in [0.5, 0.6) is 5.75 Å². The van der Waals surface area contributed by atoms with E-state index in [1.807, 2.05) is 6.07 Å². The first-order chi connectivity index (χ1) is 14.5. The number of thiazole rings is 1. The Balaban J connectivity index is 1.77. The molecule has 0 saturated carbocycles. The number of anilines is 1. The molecule has 5 nitrogen and oxygen atoms in total. The Morgan fingerprint density at radius 1 is 1.13 bits per heavy atom. The van der Waals surface area contributed by atoms with Gasteiger partial charge in [-0.1, -0.05) is 0 Å². The highest BCUT2D eigenvalue weighted by Gasteiger charge is 2.12. The summed E-state index contributed by atoms with van der Waals surface area (Å²) in [6, 6.07) is 8.59. The van der Waals surface area contributed by atoms with Crippen LogP contribution in [0.1, 0.15) is 27.9 Å². The number of methoxy groups -OCH3 is 1. The van der Waals surface area contributed by atoms with Crippen LogP contribution in [0.2, 0.25) is 0 Å². The molecule has 0 aliphatic carbocycles. The third kappa shape index (κ3) is 6.33. The van der Waals surface area contributed by atoms with Crippen molar-refractivity contribution in [3.05, 3.63) is 76.3 Å². The van der Waals surface area contributed by atoms with E-state index >= 15 is 0 Å². The van der Waals surface area contributed by atoms with Gasteiger partial charge in [0.15, 0.2) is 5.13 Å². The summed E-state index contributed by atoms with van der Waals surface area (Å²) in [7, 11) is 1.62. The molecule has 0 spiro atoms. The maximum Gasteiger partial charge on any atom is 0.257 e. The van der Waals surface area contributed by atoms with Crippen LogP contribution in [-0.2, 0) is 17.6 Å². The van der Waals surface area contributed by atoms with Crippen molar-refractivity contribution in [2.45, 2.75) is 19.3 Å². The van der Waals surface area contributed by atoms with Crippen molar-refractivity contribution in [3.63, 3.8) is 0 Å². The smallest absolute Gasteiger partial charge is 0.257 e. The molecule has 2 aromatic carbocycles. The maximum atomic E-state index is 13.9. The highest BCUT2D eigenvalue weighted by molar-refractivity contribution is 7.13. The molecule has 158 valence electrons. The number of hydrogen-bond donors (Lipinski definition) is 1.